The van der Waals surface area contributed by atoms with Crippen LogP contribution in [-0.4, -0.2) is 25.3 Å². The molecule has 7 nitrogen and oxygen atoms in total. The fourth-order valence-corrected chi connectivity index (χ4v) is 7.47. The van der Waals surface area contributed by atoms with Crippen molar-refractivity contribution in [2.24, 2.45) is 10.8 Å². The van der Waals surface area contributed by atoms with Gasteiger partial charge in [-0.2, -0.15) is 0 Å². The van der Waals surface area contributed by atoms with Crippen LogP contribution in [0.3, 0.4) is 0 Å². The van der Waals surface area contributed by atoms with E-state index in [9.17, 15) is 9.59 Å². The second-order valence-corrected chi connectivity index (χ2v) is 14.9. The Morgan fingerprint density at radius 1 is 0.729 bits per heavy atom. The zero-order valence-corrected chi connectivity index (χ0v) is 29.4. The molecule has 0 atom stereocenters. The summed E-state index contributed by atoms with van der Waals surface area (Å²) in [5.41, 5.74) is 5.45. The molecule has 3 aliphatic rings. The highest BCUT2D eigenvalue weighted by Gasteiger charge is 2.46. The summed E-state index contributed by atoms with van der Waals surface area (Å²) >= 11 is 6.99. The predicted molar refractivity (Wildman–Crippen MR) is 187 cm³/mol. The Morgan fingerprint density at radius 3 is 1.96 bits per heavy atom. The van der Waals surface area contributed by atoms with Crippen molar-refractivity contribution < 1.29 is 28.5 Å². The van der Waals surface area contributed by atoms with Gasteiger partial charge >= 0.3 is 0 Å². The molecular weight excluding hydrogens is 626 g/mol. The topological polar surface area (TPSA) is 83.1 Å². The van der Waals surface area contributed by atoms with Gasteiger partial charge in [0.25, 0.3) is 0 Å². The minimum atomic E-state index is -0.526. The summed E-state index contributed by atoms with van der Waals surface area (Å²) in [6.45, 7) is 11.4. The molecule has 0 saturated carbocycles. The van der Waals surface area contributed by atoms with E-state index in [4.69, 9.17) is 30.5 Å². The van der Waals surface area contributed by atoms with Gasteiger partial charge in [0.15, 0.2) is 34.6 Å². The van der Waals surface area contributed by atoms with E-state index in [1.807, 2.05) is 67.6 Å². The zero-order valence-electron chi connectivity index (χ0n) is 28.6. The Balaban J connectivity index is 1.31. The standard InChI is InChI=1S/C40H44ClNO6/c1-7-46-34-17-26(35-36-28(18-39(2,3)20-30(36)43)42-29-19-40(4,5)21-31(44)37(29)35)16-27(41)38(34)48-23-25-13-14-32(33(15-25)45-6)47-22-24-11-9-8-10-12-24/h8-17,35,42H,7,18-23H2,1-6H3. The van der Waals surface area contributed by atoms with Crippen LogP contribution in [0.25, 0.3) is 0 Å². The number of carbonyl (C=O) groups is 2. The molecule has 48 heavy (non-hydrogen) atoms. The van der Waals surface area contributed by atoms with Gasteiger partial charge in [0.05, 0.1) is 18.7 Å². The van der Waals surface area contributed by atoms with Gasteiger partial charge in [-0.3, -0.25) is 9.59 Å². The number of allylic oxidation sites excluding steroid dienone is 4. The van der Waals surface area contributed by atoms with Gasteiger partial charge in [-0.15, -0.1) is 0 Å². The number of methoxy groups -OCH3 is 1. The largest absolute Gasteiger partial charge is 0.493 e. The van der Waals surface area contributed by atoms with Gasteiger partial charge in [0.2, 0.25) is 0 Å². The average Bonchev–Trinajstić information content (AvgIpc) is 3.02. The molecule has 0 radical (unpaired) electrons. The van der Waals surface area contributed by atoms with Crippen molar-refractivity contribution in [3.63, 3.8) is 0 Å². The van der Waals surface area contributed by atoms with Crippen molar-refractivity contribution in [2.45, 2.75) is 79.4 Å². The molecule has 3 aromatic rings. The SMILES string of the molecule is CCOc1cc(C2C3=C(CC(C)(C)CC3=O)NC3=C2C(=O)CC(C)(C)C3)cc(Cl)c1OCc1ccc(OCc2ccccc2)c(OC)c1. The lowest BCUT2D eigenvalue weighted by atomic mass is 9.64. The lowest BCUT2D eigenvalue weighted by molar-refractivity contribution is -0.119. The lowest BCUT2D eigenvalue weighted by Gasteiger charge is -2.44. The van der Waals surface area contributed by atoms with Gasteiger partial charge in [0.1, 0.15) is 13.2 Å². The number of carbonyl (C=O) groups excluding carboxylic acids is 2. The van der Waals surface area contributed by atoms with Crippen LogP contribution in [0.15, 0.2) is 83.2 Å². The number of Topliss-reactive ketones (excluding diaryl/α,β-unsaturated/α-hetero) is 2. The number of dihydropyridines is 1. The normalized spacial score (nSPS) is 18.6. The highest BCUT2D eigenvalue weighted by molar-refractivity contribution is 6.32. The molecular formula is C40H44ClNO6. The molecule has 0 aromatic heterocycles. The summed E-state index contributed by atoms with van der Waals surface area (Å²) in [5.74, 6) is 1.68. The highest BCUT2D eigenvalue weighted by atomic mass is 35.5. The Morgan fingerprint density at radius 2 is 1.35 bits per heavy atom. The number of halogens is 1. The maximum atomic E-state index is 13.8. The van der Waals surface area contributed by atoms with Crippen LogP contribution in [0.5, 0.6) is 23.0 Å². The molecule has 0 amide bonds. The number of hydrogen-bond donors (Lipinski definition) is 1. The smallest absolute Gasteiger partial charge is 0.180 e. The third-order valence-corrected chi connectivity index (χ3v) is 9.51. The molecule has 1 aliphatic heterocycles. The van der Waals surface area contributed by atoms with Crippen molar-refractivity contribution in [1.82, 2.24) is 5.32 Å². The van der Waals surface area contributed by atoms with Crippen molar-refractivity contribution >= 4 is 23.2 Å². The second-order valence-electron chi connectivity index (χ2n) is 14.5. The molecule has 6 rings (SSSR count). The van der Waals surface area contributed by atoms with E-state index in [-0.39, 0.29) is 29.0 Å². The summed E-state index contributed by atoms with van der Waals surface area (Å²) in [6.07, 6.45) is 2.28. The van der Waals surface area contributed by atoms with Crippen molar-refractivity contribution in [2.75, 3.05) is 13.7 Å². The van der Waals surface area contributed by atoms with Crippen LogP contribution in [0.4, 0.5) is 0 Å². The molecule has 2 aliphatic carbocycles. The Kier molecular flexibility index (Phi) is 9.36. The second kappa shape index (κ2) is 13.3. The molecule has 1 N–H and O–H groups in total. The van der Waals surface area contributed by atoms with Crippen molar-refractivity contribution in [3.05, 3.63) is 105 Å². The maximum Gasteiger partial charge on any atom is 0.180 e. The summed E-state index contributed by atoms with van der Waals surface area (Å²) in [6, 6.07) is 19.3. The molecule has 3 aromatic carbocycles. The number of benzene rings is 3. The first-order valence-corrected chi connectivity index (χ1v) is 17.0. The highest BCUT2D eigenvalue weighted by Crippen LogP contribution is 2.52. The molecule has 0 spiro atoms. The summed E-state index contributed by atoms with van der Waals surface area (Å²) in [4.78, 5) is 27.6. The number of hydrogen-bond acceptors (Lipinski definition) is 7. The predicted octanol–water partition coefficient (Wildman–Crippen LogP) is 8.88. The zero-order chi connectivity index (χ0) is 34.2. The Bertz CT molecular complexity index is 1750. The first-order chi connectivity index (χ1) is 22.9. The molecule has 0 unspecified atom stereocenters. The van der Waals surface area contributed by atoms with Crippen LogP contribution in [0, 0.1) is 10.8 Å². The number of ketones is 2. The molecule has 0 saturated heterocycles. The molecule has 8 heteroatoms. The van der Waals surface area contributed by atoms with Crippen LogP contribution in [-0.2, 0) is 22.8 Å². The van der Waals surface area contributed by atoms with Gasteiger partial charge in [-0.25, -0.2) is 0 Å². The fraction of sp³-hybridized carbons (Fsp3) is 0.400. The maximum absolute atomic E-state index is 13.8. The first-order valence-electron chi connectivity index (χ1n) is 16.6. The van der Waals surface area contributed by atoms with Gasteiger partial charge in [0, 0.05) is 41.3 Å². The molecule has 1 heterocycles. The van der Waals surface area contributed by atoms with Crippen molar-refractivity contribution in [1.29, 1.82) is 0 Å². The van der Waals surface area contributed by atoms with E-state index >= 15 is 0 Å². The van der Waals surface area contributed by atoms with E-state index in [1.54, 1.807) is 7.11 Å². The minimum absolute atomic E-state index is 0.0579. The fourth-order valence-electron chi connectivity index (χ4n) is 7.19. The van der Waals surface area contributed by atoms with E-state index < -0.39 is 5.92 Å². The number of rotatable bonds is 10. The average molecular weight is 670 g/mol. The Labute approximate surface area is 288 Å². The van der Waals surface area contributed by atoms with Crippen LogP contribution >= 0.6 is 11.6 Å². The summed E-state index contributed by atoms with van der Waals surface area (Å²) in [7, 11) is 1.61. The molecule has 0 bridgehead atoms. The van der Waals surface area contributed by atoms with Gasteiger partial charge < -0.3 is 24.3 Å². The Hall–Kier alpha value is -4.23. The third-order valence-electron chi connectivity index (χ3n) is 9.23. The first kappa shape index (κ1) is 33.7. The van der Waals surface area contributed by atoms with E-state index in [0.29, 0.717) is 65.2 Å². The van der Waals surface area contributed by atoms with Crippen molar-refractivity contribution in [3.8, 4) is 23.0 Å². The third kappa shape index (κ3) is 6.98. The van der Waals surface area contributed by atoms with Crippen LogP contribution < -0.4 is 24.3 Å². The van der Waals surface area contributed by atoms with E-state index in [2.05, 4.69) is 33.0 Å². The number of nitrogens with one attached hydrogen (secondary N) is 1. The number of ether oxygens (including phenoxy) is 4. The molecule has 252 valence electrons. The molecule has 0 fully saturated rings. The lowest BCUT2D eigenvalue weighted by Crippen LogP contribution is -2.42. The monoisotopic (exact) mass is 669 g/mol. The summed E-state index contributed by atoms with van der Waals surface area (Å²) < 4.78 is 24.0. The van der Waals surface area contributed by atoms with Gasteiger partial charge in [-0.1, -0.05) is 75.7 Å². The van der Waals surface area contributed by atoms with Crippen LogP contribution in [0.1, 0.15) is 82.9 Å². The quantitative estimate of drug-likeness (QED) is 0.231. The van der Waals surface area contributed by atoms with E-state index in [1.165, 1.54) is 0 Å². The van der Waals surface area contributed by atoms with Gasteiger partial charge in [-0.05, 0) is 71.6 Å². The van der Waals surface area contributed by atoms with E-state index in [0.717, 1.165) is 40.9 Å². The minimum Gasteiger partial charge on any atom is -0.493 e. The summed E-state index contributed by atoms with van der Waals surface area (Å²) in [5, 5.41) is 3.92. The van der Waals surface area contributed by atoms with Crippen LogP contribution in [0.2, 0.25) is 5.02 Å².